The molecule has 0 spiro atoms. The number of carbonyl (C=O) groups is 2. The van der Waals surface area contributed by atoms with Crippen molar-refractivity contribution in [3.05, 3.63) is 71.8 Å². The summed E-state index contributed by atoms with van der Waals surface area (Å²) in [7, 11) is 1.52. The number of methoxy groups -OCH3 is 1. The van der Waals surface area contributed by atoms with E-state index in [1.807, 2.05) is 49.4 Å². The third-order valence-electron chi connectivity index (χ3n) is 4.37. The lowest BCUT2D eigenvalue weighted by atomic mass is 10.00. The molecule has 27 heavy (non-hydrogen) atoms. The highest BCUT2D eigenvalue weighted by Crippen LogP contribution is 2.25. The fourth-order valence-corrected chi connectivity index (χ4v) is 3.01. The van der Waals surface area contributed by atoms with Gasteiger partial charge in [0, 0.05) is 0 Å². The fraction of sp³-hybridized carbons (Fsp3) is 0.182. The minimum atomic E-state index is -0.261. The third kappa shape index (κ3) is 4.26. The SMILES string of the molecule is COc1ccc(OCC(=O)N[C@@H](C)c2cccc3ccccc23)c(C=O)c1. The summed E-state index contributed by atoms with van der Waals surface area (Å²) in [5, 5.41) is 5.17. The monoisotopic (exact) mass is 363 g/mol. The molecule has 1 N–H and O–H groups in total. The second-order valence-corrected chi connectivity index (χ2v) is 6.17. The molecule has 0 heterocycles. The molecule has 5 heteroatoms. The second-order valence-electron chi connectivity index (χ2n) is 6.17. The van der Waals surface area contributed by atoms with Gasteiger partial charge in [-0.2, -0.15) is 0 Å². The molecular formula is C22H21NO4. The van der Waals surface area contributed by atoms with Crippen LogP contribution in [-0.4, -0.2) is 25.9 Å². The van der Waals surface area contributed by atoms with Gasteiger partial charge in [0.15, 0.2) is 12.9 Å². The average Bonchev–Trinajstić information content (AvgIpc) is 2.71. The van der Waals surface area contributed by atoms with Crippen molar-refractivity contribution in [2.45, 2.75) is 13.0 Å². The van der Waals surface area contributed by atoms with Gasteiger partial charge >= 0.3 is 0 Å². The van der Waals surface area contributed by atoms with Crippen LogP contribution in [0.5, 0.6) is 11.5 Å². The predicted molar refractivity (Wildman–Crippen MR) is 104 cm³/mol. The van der Waals surface area contributed by atoms with Gasteiger partial charge in [-0.1, -0.05) is 42.5 Å². The van der Waals surface area contributed by atoms with Gasteiger partial charge in [0.2, 0.25) is 0 Å². The maximum absolute atomic E-state index is 12.3. The lowest BCUT2D eigenvalue weighted by Gasteiger charge is -2.17. The van der Waals surface area contributed by atoms with Crippen LogP contribution in [0.1, 0.15) is 28.9 Å². The summed E-state index contributed by atoms with van der Waals surface area (Å²) < 4.78 is 10.6. The van der Waals surface area contributed by atoms with Gasteiger partial charge in [0.05, 0.1) is 18.7 Å². The fourth-order valence-electron chi connectivity index (χ4n) is 3.01. The Bertz CT molecular complexity index is 962. The average molecular weight is 363 g/mol. The Hall–Kier alpha value is -3.34. The van der Waals surface area contributed by atoms with Crippen LogP contribution in [0.3, 0.4) is 0 Å². The molecule has 0 radical (unpaired) electrons. The normalized spacial score (nSPS) is 11.6. The number of ether oxygens (including phenoxy) is 2. The number of amides is 1. The van der Waals surface area contributed by atoms with Crippen molar-refractivity contribution in [2.24, 2.45) is 0 Å². The lowest BCUT2D eigenvalue weighted by molar-refractivity contribution is -0.123. The first-order valence-corrected chi connectivity index (χ1v) is 8.65. The van der Waals surface area contributed by atoms with Crippen LogP contribution in [0.2, 0.25) is 0 Å². The number of fused-ring (bicyclic) bond motifs is 1. The predicted octanol–water partition coefficient (Wildman–Crippen LogP) is 3.92. The van der Waals surface area contributed by atoms with Gasteiger partial charge in [0.25, 0.3) is 5.91 Å². The van der Waals surface area contributed by atoms with Gasteiger partial charge in [-0.15, -0.1) is 0 Å². The lowest BCUT2D eigenvalue weighted by Crippen LogP contribution is -2.31. The Kier molecular flexibility index (Phi) is 5.71. The molecule has 3 aromatic carbocycles. The Labute approximate surface area is 157 Å². The Balaban J connectivity index is 1.66. The minimum Gasteiger partial charge on any atom is -0.497 e. The Morgan fingerprint density at radius 3 is 2.67 bits per heavy atom. The zero-order chi connectivity index (χ0) is 19.2. The van der Waals surface area contributed by atoms with Crippen molar-refractivity contribution >= 4 is 23.0 Å². The number of hydrogen-bond donors (Lipinski definition) is 1. The van der Waals surface area contributed by atoms with Crippen LogP contribution in [0.25, 0.3) is 10.8 Å². The van der Waals surface area contributed by atoms with Gasteiger partial charge in [0.1, 0.15) is 11.5 Å². The molecule has 0 fully saturated rings. The molecule has 0 saturated carbocycles. The molecule has 0 aliphatic rings. The van der Waals surface area contributed by atoms with Crippen LogP contribution in [0.15, 0.2) is 60.7 Å². The van der Waals surface area contributed by atoms with E-state index in [1.165, 1.54) is 7.11 Å². The molecule has 138 valence electrons. The zero-order valence-electron chi connectivity index (χ0n) is 15.3. The van der Waals surface area contributed by atoms with Crippen LogP contribution < -0.4 is 14.8 Å². The number of aldehydes is 1. The van der Waals surface area contributed by atoms with Crippen molar-refractivity contribution in [2.75, 3.05) is 13.7 Å². The van der Waals surface area contributed by atoms with Gasteiger partial charge in [-0.3, -0.25) is 9.59 Å². The van der Waals surface area contributed by atoms with Gasteiger partial charge in [-0.25, -0.2) is 0 Å². The van der Waals surface area contributed by atoms with E-state index in [1.54, 1.807) is 18.2 Å². The molecule has 0 aromatic heterocycles. The highest BCUT2D eigenvalue weighted by molar-refractivity contribution is 5.87. The van der Waals surface area contributed by atoms with E-state index in [0.717, 1.165) is 16.3 Å². The first kappa shape index (κ1) is 18.5. The second kappa shape index (κ2) is 8.36. The summed E-state index contributed by atoms with van der Waals surface area (Å²) in [5.74, 6) is 0.639. The third-order valence-corrected chi connectivity index (χ3v) is 4.37. The first-order valence-electron chi connectivity index (χ1n) is 8.65. The zero-order valence-corrected chi connectivity index (χ0v) is 15.3. The van der Waals surface area contributed by atoms with Crippen LogP contribution in [0, 0.1) is 0 Å². The van der Waals surface area contributed by atoms with E-state index < -0.39 is 0 Å². The minimum absolute atomic E-state index is 0.173. The number of hydrogen-bond acceptors (Lipinski definition) is 4. The highest BCUT2D eigenvalue weighted by atomic mass is 16.5. The molecule has 0 aliphatic heterocycles. The highest BCUT2D eigenvalue weighted by Gasteiger charge is 2.13. The summed E-state index contributed by atoms with van der Waals surface area (Å²) in [6.07, 6.45) is 0.675. The molecule has 3 aromatic rings. The number of carbonyl (C=O) groups excluding carboxylic acids is 2. The summed E-state index contributed by atoms with van der Waals surface area (Å²) in [6.45, 7) is 1.76. The maximum Gasteiger partial charge on any atom is 0.258 e. The molecule has 0 bridgehead atoms. The largest absolute Gasteiger partial charge is 0.497 e. The van der Waals surface area contributed by atoms with Gasteiger partial charge < -0.3 is 14.8 Å². The standard InChI is InChI=1S/C22H21NO4/c1-15(19-9-5-7-16-6-3-4-8-20(16)19)23-22(25)14-27-21-11-10-18(26-2)12-17(21)13-24/h3-13,15H,14H2,1-2H3,(H,23,25)/t15-/m0/s1. The molecule has 3 rings (SSSR count). The van der Waals surface area contributed by atoms with E-state index in [0.29, 0.717) is 23.3 Å². The molecule has 0 aliphatic carbocycles. The molecule has 5 nitrogen and oxygen atoms in total. The van der Waals surface area contributed by atoms with Crippen molar-refractivity contribution in [1.82, 2.24) is 5.32 Å². The number of benzene rings is 3. The first-order chi connectivity index (χ1) is 13.1. The molecular weight excluding hydrogens is 342 g/mol. The van der Waals surface area contributed by atoms with Crippen molar-refractivity contribution in [3.63, 3.8) is 0 Å². The summed E-state index contributed by atoms with van der Waals surface area (Å²) in [5.41, 5.74) is 1.38. The smallest absolute Gasteiger partial charge is 0.258 e. The van der Waals surface area contributed by atoms with E-state index >= 15 is 0 Å². The number of nitrogens with one attached hydrogen (secondary N) is 1. The van der Waals surface area contributed by atoms with E-state index in [-0.39, 0.29) is 18.6 Å². The van der Waals surface area contributed by atoms with Crippen LogP contribution in [-0.2, 0) is 4.79 Å². The van der Waals surface area contributed by atoms with E-state index in [4.69, 9.17) is 9.47 Å². The molecule has 1 amide bonds. The number of rotatable bonds is 7. The Morgan fingerprint density at radius 2 is 1.89 bits per heavy atom. The molecule has 0 saturated heterocycles. The van der Waals surface area contributed by atoms with E-state index in [2.05, 4.69) is 5.32 Å². The van der Waals surface area contributed by atoms with Crippen molar-refractivity contribution < 1.29 is 19.1 Å². The quantitative estimate of drug-likeness (QED) is 0.646. The van der Waals surface area contributed by atoms with Crippen molar-refractivity contribution in [1.29, 1.82) is 0 Å². The topological polar surface area (TPSA) is 64.6 Å². The van der Waals surface area contributed by atoms with Crippen LogP contribution >= 0.6 is 0 Å². The maximum atomic E-state index is 12.3. The summed E-state index contributed by atoms with van der Waals surface area (Å²) in [4.78, 5) is 23.5. The van der Waals surface area contributed by atoms with E-state index in [9.17, 15) is 9.59 Å². The van der Waals surface area contributed by atoms with Crippen molar-refractivity contribution in [3.8, 4) is 11.5 Å². The summed E-state index contributed by atoms with van der Waals surface area (Å²) in [6, 6.07) is 18.8. The molecule has 1 atom stereocenters. The summed E-state index contributed by atoms with van der Waals surface area (Å²) >= 11 is 0. The molecule has 0 unspecified atom stereocenters. The van der Waals surface area contributed by atoms with Crippen LogP contribution in [0.4, 0.5) is 0 Å². The van der Waals surface area contributed by atoms with Gasteiger partial charge in [-0.05, 0) is 41.5 Å². The Morgan fingerprint density at radius 1 is 1.11 bits per heavy atom.